The van der Waals surface area contributed by atoms with Gasteiger partial charge in [0.05, 0.1) is 24.8 Å². The topological polar surface area (TPSA) is 53.1 Å². The summed E-state index contributed by atoms with van der Waals surface area (Å²) in [5.41, 5.74) is 0.639. The van der Waals surface area contributed by atoms with Crippen LogP contribution in [0, 0.1) is 5.92 Å². The van der Waals surface area contributed by atoms with Gasteiger partial charge in [0.15, 0.2) is 0 Å². The minimum atomic E-state index is -0.0955. The summed E-state index contributed by atoms with van der Waals surface area (Å²) in [4.78, 5) is 31.9. The van der Waals surface area contributed by atoms with Gasteiger partial charge in [-0.2, -0.15) is 0 Å². The van der Waals surface area contributed by atoms with Crippen molar-refractivity contribution in [2.45, 2.75) is 24.4 Å². The molecule has 0 bridgehead atoms. The smallest absolute Gasteiger partial charge is 0.253 e. The fraction of sp³-hybridized carbons (Fsp3) is 0.600. The molecule has 1 saturated carbocycles. The minimum absolute atomic E-state index is 0.0853. The Morgan fingerprint density at radius 3 is 2.50 bits per heavy atom. The lowest BCUT2D eigenvalue weighted by molar-refractivity contribution is -0.173. The summed E-state index contributed by atoms with van der Waals surface area (Å²) in [6.07, 6.45) is 2.09. The van der Waals surface area contributed by atoms with Crippen molar-refractivity contribution in [1.82, 2.24) is 14.7 Å². The van der Waals surface area contributed by atoms with E-state index in [0.29, 0.717) is 25.6 Å². The Morgan fingerprint density at radius 1 is 1.04 bits per heavy atom. The zero-order valence-electron chi connectivity index (χ0n) is 15.0. The number of morpholine rings is 1. The number of rotatable bonds is 2. The maximum atomic E-state index is 13.0. The van der Waals surface area contributed by atoms with E-state index >= 15 is 0 Å². The van der Waals surface area contributed by atoms with E-state index < -0.39 is 0 Å². The Bertz CT molecular complexity index is 712. The van der Waals surface area contributed by atoms with Crippen LogP contribution in [0.5, 0.6) is 0 Å². The molecular formula is C20H25N3O3. The van der Waals surface area contributed by atoms with E-state index in [4.69, 9.17) is 4.74 Å². The summed E-state index contributed by atoms with van der Waals surface area (Å²) in [6, 6.07) is 9.72. The lowest BCUT2D eigenvalue weighted by Gasteiger charge is -2.63. The molecule has 1 atom stereocenters. The molecule has 3 aliphatic heterocycles. The normalized spacial score (nSPS) is 27.8. The maximum Gasteiger partial charge on any atom is 0.253 e. The van der Waals surface area contributed by atoms with Gasteiger partial charge in [0, 0.05) is 44.2 Å². The predicted molar refractivity (Wildman–Crippen MR) is 95.7 cm³/mol. The molecule has 1 aliphatic carbocycles. The average molecular weight is 355 g/mol. The number of nitrogens with zero attached hydrogens (tertiary/aromatic N) is 3. The monoisotopic (exact) mass is 355 g/mol. The number of likely N-dealkylation sites (tertiary alicyclic amines) is 1. The van der Waals surface area contributed by atoms with E-state index in [9.17, 15) is 9.59 Å². The number of hydrogen-bond acceptors (Lipinski definition) is 4. The lowest BCUT2D eigenvalue weighted by Crippen LogP contribution is -2.81. The third-order valence-electron chi connectivity index (χ3n) is 6.27. The van der Waals surface area contributed by atoms with Gasteiger partial charge in [0.2, 0.25) is 5.91 Å². The number of piperazine rings is 1. The third-order valence-corrected chi connectivity index (χ3v) is 6.27. The molecule has 26 heavy (non-hydrogen) atoms. The van der Waals surface area contributed by atoms with E-state index in [1.54, 1.807) is 0 Å². The van der Waals surface area contributed by atoms with Gasteiger partial charge < -0.3 is 14.5 Å². The van der Waals surface area contributed by atoms with Crippen LogP contribution in [0.4, 0.5) is 0 Å². The van der Waals surface area contributed by atoms with Crippen LogP contribution < -0.4 is 0 Å². The highest BCUT2D eigenvalue weighted by Gasteiger charge is 2.57. The van der Waals surface area contributed by atoms with Gasteiger partial charge in [0.1, 0.15) is 0 Å². The van der Waals surface area contributed by atoms with Gasteiger partial charge in [-0.15, -0.1) is 0 Å². The summed E-state index contributed by atoms with van der Waals surface area (Å²) >= 11 is 0. The van der Waals surface area contributed by atoms with E-state index in [1.807, 2.05) is 40.1 Å². The Hall–Kier alpha value is -1.92. The first-order valence-electron chi connectivity index (χ1n) is 9.64. The van der Waals surface area contributed by atoms with Crippen molar-refractivity contribution in [1.29, 1.82) is 0 Å². The number of amides is 2. The molecule has 6 heteroatoms. The first-order chi connectivity index (χ1) is 12.7. The molecule has 5 rings (SSSR count). The van der Waals surface area contributed by atoms with Crippen LogP contribution in [0.1, 0.15) is 23.2 Å². The second-order valence-corrected chi connectivity index (χ2v) is 8.17. The molecule has 0 aromatic heterocycles. The van der Waals surface area contributed by atoms with Crippen molar-refractivity contribution >= 4 is 11.8 Å². The third kappa shape index (κ3) is 2.63. The summed E-state index contributed by atoms with van der Waals surface area (Å²) < 4.78 is 5.70. The Labute approximate surface area is 153 Å². The zero-order chi connectivity index (χ0) is 17.7. The molecule has 4 fully saturated rings. The Kier molecular flexibility index (Phi) is 3.79. The highest BCUT2D eigenvalue weighted by Crippen LogP contribution is 2.39. The molecule has 2 amide bonds. The summed E-state index contributed by atoms with van der Waals surface area (Å²) in [6.45, 7) is 5.19. The van der Waals surface area contributed by atoms with Gasteiger partial charge in [0.25, 0.3) is 5.91 Å². The highest BCUT2D eigenvalue weighted by atomic mass is 16.5. The number of hydrogen-bond donors (Lipinski definition) is 0. The number of carbonyl (C=O) groups excluding carboxylic acids is 2. The Balaban J connectivity index is 1.37. The zero-order valence-corrected chi connectivity index (χ0v) is 15.0. The van der Waals surface area contributed by atoms with Crippen LogP contribution in [0.3, 0.4) is 0 Å². The van der Waals surface area contributed by atoms with Gasteiger partial charge in [-0.05, 0) is 25.0 Å². The number of ether oxygens (including phenoxy) is 1. The predicted octanol–water partition coefficient (Wildman–Crippen LogP) is 0.834. The van der Waals surface area contributed by atoms with Crippen LogP contribution in [0.15, 0.2) is 30.3 Å². The molecule has 1 unspecified atom stereocenters. The molecule has 3 heterocycles. The molecular weight excluding hydrogens is 330 g/mol. The molecule has 6 nitrogen and oxygen atoms in total. The average Bonchev–Trinajstić information content (AvgIpc) is 3.50. The molecule has 0 N–H and O–H groups in total. The first kappa shape index (κ1) is 16.3. The number of carbonyl (C=O) groups is 2. The fourth-order valence-electron chi connectivity index (χ4n) is 4.80. The molecule has 1 aromatic rings. The highest BCUT2D eigenvalue weighted by molar-refractivity contribution is 5.94. The number of fused-ring (bicyclic) bond motifs is 2. The van der Waals surface area contributed by atoms with Gasteiger partial charge in [-0.3, -0.25) is 14.5 Å². The van der Waals surface area contributed by atoms with Crippen molar-refractivity contribution in [3.63, 3.8) is 0 Å². The number of benzene rings is 1. The van der Waals surface area contributed by atoms with Crippen molar-refractivity contribution in [3.8, 4) is 0 Å². The van der Waals surface area contributed by atoms with Crippen molar-refractivity contribution in [3.05, 3.63) is 35.9 Å². The van der Waals surface area contributed by atoms with Crippen LogP contribution in [-0.4, -0.2) is 84.0 Å². The molecule has 1 spiro atoms. The molecule has 4 aliphatic rings. The summed E-state index contributed by atoms with van der Waals surface area (Å²) in [5, 5.41) is 0. The van der Waals surface area contributed by atoms with E-state index in [0.717, 1.165) is 44.6 Å². The van der Waals surface area contributed by atoms with Crippen molar-refractivity contribution in [2.75, 3.05) is 45.9 Å². The van der Waals surface area contributed by atoms with Gasteiger partial charge in [-0.25, -0.2) is 0 Å². The molecule has 3 saturated heterocycles. The van der Waals surface area contributed by atoms with E-state index in [1.165, 1.54) is 0 Å². The van der Waals surface area contributed by atoms with Crippen molar-refractivity contribution < 1.29 is 14.3 Å². The largest absolute Gasteiger partial charge is 0.378 e. The summed E-state index contributed by atoms with van der Waals surface area (Å²) in [7, 11) is 0. The lowest BCUT2D eigenvalue weighted by atomic mass is 9.82. The first-order valence-corrected chi connectivity index (χ1v) is 9.64. The van der Waals surface area contributed by atoms with Crippen LogP contribution in [-0.2, 0) is 9.53 Å². The molecule has 138 valence electrons. The van der Waals surface area contributed by atoms with E-state index in [2.05, 4.69) is 4.90 Å². The summed E-state index contributed by atoms with van der Waals surface area (Å²) in [5.74, 6) is 0.660. The molecule has 0 radical (unpaired) electrons. The SMILES string of the molecule is O=C(c1ccccc1)N1CC2COCCN2C2(C1)CN(C(=O)C1CC1)C2. The van der Waals surface area contributed by atoms with Gasteiger partial charge >= 0.3 is 0 Å². The van der Waals surface area contributed by atoms with Crippen LogP contribution in [0.2, 0.25) is 0 Å². The second-order valence-electron chi connectivity index (χ2n) is 8.17. The van der Waals surface area contributed by atoms with Crippen molar-refractivity contribution in [2.24, 2.45) is 5.92 Å². The van der Waals surface area contributed by atoms with E-state index in [-0.39, 0.29) is 23.4 Å². The minimum Gasteiger partial charge on any atom is -0.378 e. The fourth-order valence-corrected chi connectivity index (χ4v) is 4.80. The maximum absolute atomic E-state index is 13.0. The standard InChI is InChI=1S/C20H25N3O3/c24-18(15-4-2-1-3-5-15)21-10-17-11-26-9-8-23(17)20(12-21)13-22(14-20)19(25)16-6-7-16/h1-5,16-17H,6-14H2. The second kappa shape index (κ2) is 6.06. The van der Waals surface area contributed by atoms with Gasteiger partial charge in [-0.1, -0.05) is 18.2 Å². The quantitative estimate of drug-likeness (QED) is 0.789. The molecule has 1 aromatic carbocycles. The van der Waals surface area contributed by atoms with Crippen LogP contribution >= 0.6 is 0 Å². The van der Waals surface area contributed by atoms with Crippen LogP contribution in [0.25, 0.3) is 0 Å². The Morgan fingerprint density at radius 2 is 1.77 bits per heavy atom.